The van der Waals surface area contributed by atoms with Gasteiger partial charge in [-0.25, -0.2) is 0 Å². The van der Waals surface area contributed by atoms with E-state index in [9.17, 15) is 0 Å². The smallest absolute Gasteiger partial charge is 0.191 e. The van der Waals surface area contributed by atoms with Crippen LogP contribution in [0.15, 0.2) is 11.3 Å². The first-order valence-corrected chi connectivity index (χ1v) is 10.3. The minimum Gasteiger partial charge on any atom is -0.383 e. The summed E-state index contributed by atoms with van der Waals surface area (Å²) in [5, 5.41) is 14.8. The Morgan fingerprint density at radius 2 is 2.00 bits per heavy atom. The molecule has 2 heterocycles. The number of aromatic nitrogens is 3. The number of piperidine rings is 1. The number of halogens is 1. The zero-order valence-electron chi connectivity index (χ0n) is 17.7. The standard InChI is InChI=1S/C19H37N7O.HI/c1-4-18-24-23-16-26(18)14-9-21-19(22-10-15-27-3)20-8-5-11-25-12-6-17(2)7-13-25;/h16-17H,4-15H2,1-3H3,(H2,20,21,22);1H. The van der Waals surface area contributed by atoms with Crippen LogP contribution < -0.4 is 10.6 Å². The molecule has 2 rings (SSSR count). The van der Waals surface area contributed by atoms with Crippen molar-refractivity contribution in [3.63, 3.8) is 0 Å². The van der Waals surface area contributed by atoms with E-state index in [0.717, 1.165) is 63.3 Å². The van der Waals surface area contributed by atoms with E-state index in [0.29, 0.717) is 6.61 Å². The molecule has 2 N–H and O–H groups in total. The molecule has 0 saturated carbocycles. The summed E-state index contributed by atoms with van der Waals surface area (Å²) in [5.74, 6) is 2.75. The number of methoxy groups -OCH3 is 1. The number of hydrogen-bond acceptors (Lipinski definition) is 5. The van der Waals surface area contributed by atoms with Crippen molar-refractivity contribution in [1.29, 1.82) is 0 Å². The highest BCUT2D eigenvalue weighted by Crippen LogP contribution is 2.15. The van der Waals surface area contributed by atoms with Crippen molar-refractivity contribution in [2.75, 3.05) is 53.0 Å². The first-order chi connectivity index (χ1) is 13.2. The average molecular weight is 507 g/mol. The molecule has 0 unspecified atom stereocenters. The second kappa shape index (κ2) is 15.0. The van der Waals surface area contributed by atoms with Crippen LogP contribution in [-0.4, -0.2) is 78.6 Å². The van der Waals surface area contributed by atoms with Crippen LogP contribution in [0.5, 0.6) is 0 Å². The molecule has 1 aliphatic heterocycles. The second-order valence-corrected chi connectivity index (χ2v) is 7.25. The Morgan fingerprint density at radius 1 is 1.25 bits per heavy atom. The van der Waals surface area contributed by atoms with Gasteiger partial charge in [0, 0.05) is 39.7 Å². The molecule has 0 radical (unpaired) electrons. The fraction of sp³-hybridized carbons (Fsp3) is 0.842. The molecule has 0 amide bonds. The molecule has 1 aliphatic rings. The number of nitrogens with one attached hydrogen (secondary N) is 2. The summed E-state index contributed by atoms with van der Waals surface area (Å²) in [4.78, 5) is 7.30. The minimum atomic E-state index is 0. The highest BCUT2D eigenvalue weighted by Gasteiger charge is 2.14. The molecule has 8 nitrogen and oxygen atoms in total. The van der Waals surface area contributed by atoms with Crippen molar-refractivity contribution < 1.29 is 4.74 Å². The number of rotatable bonds is 11. The molecule has 28 heavy (non-hydrogen) atoms. The van der Waals surface area contributed by atoms with Gasteiger partial charge in [-0.1, -0.05) is 13.8 Å². The third kappa shape index (κ3) is 9.51. The van der Waals surface area contributed by atoms with Gasteiger partial charge in [0.05, 0.1) is 6.61 Å². The predicted octanol–water partition coefficient (Wildman–Crippen LogP) is 1.76. The van der Waals surface area contributed by atoms with Crippen LogP contribution in [0.1, 0.15) is 38.9 Å². The average Bonchev–Trinajstić information content (AvgIpc) is 3.14. The molecule has 1 fully saturated rings. The van der Waals surface area contributed by atoms with Gasteiger partial charge in [0.25, 0.3) is 0 Å². The van der Waals surface area contributed by atoms with Gasteiger partial charge in [-0.3, -0.25) is 4.99 Å². The summed E-state index contributed by atoms with van der Waals surface area (Å²) in [5.41, 5.74) is 0. The van der Waals surface area contributed by atoms with E-state index in [2.05, 4.69) is 44.1 Å². The third-order valence-corrected chi connectivity index (χ3v) is 5.03. The van der Waals surface area contributed by atoms with E-state index in [1.807, 2.05) is 0 Å². The van der Waals surface area contributed by atoms with Gasteiger partial charge in [0.15, 0.2) is 5.96 Å². The van der Waals surface area contributed by atoms with Gasteiger partial charge in [-0.15, -0.1) is 34.2 Å². The third-order valence-electron chi connectivity index (χ3n) is 5.03. The van der Waals surface area contributed by atoms with E-state index in [1.165, 1.54) is 25.9 Å². The van der Waals surface area contributed by atoms with Crippen LogP contribution in [0.2, 0.25) is 0 Å². The SMILES string of the molecule is CCc1nncn1CCNC(=NCCCN1CCC(C)CC1)NCCOC.I. The Labute approximate surface area is 186 Å². The molecule has 0 bridgehead atoms. The van der Waals surface area contributed by atoms with Crippen molar-refractivity contribution in [2.45, 2.75) is 46.1 Å². The topological polar surface area (TPSA) is 79.6 Å². The van der Waals surface area contributed by atoms with Crippen molar-refractivity contribution in [3.8, 4) is 0 Å². The molecule has 162 valence electrons. The lowest BCUT2D eigenvalue weighted by Crippen LogP contribution is -2.40. The molecule has 1 saturated heterocycles. The Morgan fingerprint density at radius 3 is 2.71 bits per heavy atom. The maximum atomic E-state index is 5.13. The molecule has 0 atom stereocenters. The lowest BCUT2D eigenvalue weighted by atomic mass is 9.99. The van der Waals surface area contributed by atoms with Gasteiger partial charge >= 0.3 is 0 Å². The van der Waals surface area contributed by atoms with Crippen LogP contribution in [0.3, 0.4) is 0 Å². The number of hydrogen-bond donors (Lipinski definition) is 2. The van der Waals surface area contributed by atoms with E-state index >= 15 is 0 Å². The minimum absolute atomic E-state index is 0. The second-order valence-electron chi connectivity index (χ2n) is 7.25. The maximum Gasteiger partial charge on any atom is 0.191 e. The number of ether oxygens (including phenoxy) is 1. The van der Waals surface area contributed by atoms with E-state index in [1.54, 1.807) is 13.4 Å². The molecule has 0 aliphatic carbocycles. The Kier molecular flexibility index (Phi) is 13.4. The summed E-state index contributed by atoms with van der Waals surface area (Å²) < 4.78 is 7.21. The van der Waals surface area contributed by atoms with Gasteiger partial charge in [0.1, 0.15) is 12.2 Å². The number of aliphatic imine (C=N–C) groups is 1. The quantitative estimate of drug-likeness (QED) is 0.206. The lowest BCUT2D eigenvalue weighted by Gasteiger charge is -2.29. The van der Waals surface area contributed by atoms with Gasteiger partial charge in [-0.05, 0) is 44.8 Å². The Bertz CT molecular complexity index is 544. The summed E-state index contributed by atoms with van der Waals surface area (Å²) in [6, 6.07) is 0. The van der Waals surface area contributed by atoms with Crippen LogP contribution in [0.25, 0.3) is 0 Å². The largest absolute Gasteiger partial charge is 0.383 e. The lowest BCUT2D eigenvalue weighted by molar-refractivity contribution is 0.191. The van der Waals surface area contributed by atoms with Crippen LogP contribution in [0.4, 0.5) is 0 Å². The van der Waals surface area contributed by atoms with Crippen molar-refractivity contribution >= 4 is 29.9 Å². The van der Waals surface area contributed by atoms with Crippen LogP contribution >= 0.6 is 24.0 Å². The van der Waals surface area contributed by atoms with Gasteiger partial charge < -0.3 is 24.8 Å². The summed E-state index contributed by atoms with van der Waals surface area (Å²) in [6.07, 6.45) is 6.43. The molecule has 9 heteroatoms. The highest BCUT2D eigenvalue weighted by atomic mass is 127. The fourth-order valence-electron chi connectivity index (χ4n) is 3.25. The Balaban J connectivity index is 0.00000392. The fourth-order valence-corrected chi connectivity index (χ4v) is 3.25. The molecular weight excluding hydrogens is 469 g/mol. The predicted molar refractivity (Wildman–Crippen MR) is 124 cm³/mol. The van der Waals surface area contributed by atoms with E-state index in [-0.39, 0.29) is 24.0 Å². The molecule has 1 aromatic heterocycles. The van der Waals surface area contributed by atoms with E-state index in [4.69, 9.17) is 9.73 Å². The number of likely N-dealkylation sites (tertiary alicyclic amines) is 1. The molecule has 0 aromatic carbocycles. The summed E-state index contributed by atoms with van der Waals surface area (Å²) >= 11 is 0. The molecular formula is C19H38IN7O. The van der Waals surface area contributed by atoms with Crippen molar-refractivity contribution in [3.05, 3.63) is 12.2 Å². The first-order valence-electron chi connectivity index (χ1n) is 10.3. The van der Waals surface area contributed by atoms with Crippen molar-refractivity contribution in [2.24, 2.45) is 10.9 Å². The normalized spacial score (nSPS) is 16.0. The zero-order valence-corrected chi connectivity index (χ0v) is 20.0. The Hall–Kier alpha value is -0.940. The summed E-state index contributed by atoms with van der Waals surface area (Å²) in [6.45, 7) is 11.9. The van der Waals surface area contributed by atoms with Gasteiger partial charge in [0.2, 0.25) is 0 Å². The number of aryl methyl sites for hydroxylation is 1. The van der Waals surface area contributed by atoms with Crippen molar-refractivity contribution in [1.82, 2.24) is 30.3 Å². The highest BCUT2D eigenvalue weighted by molar-refractivity contribution is 14.0. The zero-order chi connectivity index (χ0) is 19.3. The molecule has 1 aromatic rings. The van der Waals surface area contributed by atoms with Gasteiger partial charge in [-0.2, -0.15) is 0 Å². The first kappa shape index (κ1) is 25.1. The van der Waals surface area contributed by atoms with Crippen LogP contribution in [-0.2, 0) is 17.7 Å². The molecule has 0 spiro atoms. The number of nitrogens with zero attached hydrogens (tertiary/aromatic N) is 5. The summed E-state index contributed by atoms with van der Waals surface area (Å²) in [7, 11) is 1.71. The monoisotopic (exact) mass is 507 g/mol. The van der Waals surface area contributed by atoms with Crippen LogP contribution in [0, 0.1) is 5.92 Å². The number of guanidine groups is 1. The maximum absolute atomic E-state index is 5.13. The van der Waals surface area contributed by atoms with E-state index < -0.39 is 0 Å².